The predicted molar refractivity (Wildman–Crippen MR) is 71.1 cm³/mol. The maximum atomic E-state index is 8.51. The molecule has 92 valence electrons. The second-order valence-electron chi connectivity index (χ2n) is 4.45. The van der Waals surface area contributed by atoms with Crippen molar-refractivity contribution in [1.29, 1.82) is 0 Å². The predicted octanol–water partition coefficient (Wildman–Crippen LogP) is 3.62. The van der Waals surface area contributed by atoms with E-state index < -0.39 is 0 Å². The molecule has 17 heavy (non-hydrogen) atoms. The van der Waals surface area contributed by atoms with E-state index in [1.165, 1.54) is 38.3 Å². The smallest absolute Gasteiger partial charge is 0.0966 e. The van der Waals surface area contributed by atoms with Gasteiger partial charge in [-0.3, -0.25) is 0 Å². The zero-order chi connectivity index (χ0) is 12.1. The van der Waals surface area contributed by atoms with Gasteiger partial charge in [0.2, 0.25) is 0 Å². The van der Waals surface area contributed by atoms with Crippen LogP contribution >= 0.6 is 11.8 Å². The van der Waals surface area contributed by atoms with Crippen molar-refractivity contribution in [3.63, 3.8) is 0 Å². The van der Waals surface area contributed by atoms with E-state index in [0.717, 1.165) is 21.5 Å². The second kappa shape index (κ2) is 6.05. The van der Waals surface area contributed by atoms with Gasteiger partial charge in [0.1, 0.15) is 0 Å². The Hall–Kier alpha value is -1.03. The highest BCUT2D eigenvalue weighted by atomic mass is 32.2. The molecule has 1 heterocycles. The maximum absolute atomic E-state index is 8.51. The number of nitrogens with zero attached hydrogens (tertiary/aromatic N) is 2. The summed E-state index contributed by atoms with van der Waals surface area (Å²) >= 11 is 1.89. The normalized spacial score (nSPS) is 17.7. The lowest BCUT2D eigenvalue weighted by Gasteiger charge is -2.20. The Morgan fingerprint density at radius 1 is 1.35 bits per heavy atom. The Morgan fingerprint density at radius 2 is 2.12 bits per heavy atom. The van der Waals surface area contributed by atoms with Crippen LogP contribution in [0, 0.1) is 6.92 Å². The third kappa shape index (κ3) is 3.46. The number of thioether (sulfide) groups is 1. The van der Waals surface area contributed by atoms with E-state index in [4.69, 9.17) is 5.21 Å². The third-order valence-electron chi connectivity index (χ3n) is 3.14. The van der Waals surface area contributed by atoms with Gasteiger partial charge >= 0.3 is 0 Å². The Labute approximate surface area is 106 Å². The van der Waals surface area contributed by atoms with Crippen molar-refractivity contribution in [3.05, 3.63) is 23.4 Å². The van der Waals surface area contributed by atoms with Crippen molar-refractivity contribution in [2.24, 2.45) is 5.16 Å². The molecule has 0 amide bonds. The molecule has 1 aromatic heterocycles. The number of aromatic nitrogens is 1. The molecule has 0 bridgehead atoms. The molecule has 4 heteroatoms. The first-order valence-electron chi connectivity index (χ1n) is 6.11. The van der Waals surface area contributed by atoms with Crippen molar-refractivity contribution in [3.8, 4) is 0 Å². The van der Waals surface area contributed by atoms with E-state index in [-0.39, 0.29) is 0 Å². The minimum Gasteiger partial charge on any atom is -0.411 e. The average molecular weight is 250 g/mol. The minimum absolute atomic E-state index is 0.730. The summed E-state index contributed by atoms with van der Waals surface area (Å²) in [5, 5.41) is 13.4. The third-order valence-corrected chi connectivity index (χ3v) is 4.41. The molecule has 0 saturated heterocycles. The van der Waals surface area contributed by atoms with Crippen LogP contribution in [0.4, 0.5) is 0 Å². The SMILES string of the molecule is Cc1nc(SC2CCCCC2)ccc1/C=N/O. The summed E-state index contributed by atoms with van der Waals surface area (Å²) in [5.41, 5.74) is 1.80. The molecular weight excluding hydrogens is 232 g/mol. The topological polar surface area (TPSA) is 45.5 Å². The van der Waals surface area contributed by atoms with Crippen LogP contribution in [-0.2, 0) is 0 Å². The van der Waals surface area contributed by atoms with Gasteiger partial charge in [0.25, 0.3) is 0 Å². The number of hydrogen-bond acceptors (Lipinski definition) is 4. The monoisotopic (exact) mass is 250 g/mol. The summed E-state index contributed by atoms with van der Waals surface area (Å²) in [6.07, 6.45) is 8.14. The van der Waals surface area contributed by atoms with Crippen LogP contribution < -0.4 is 0 Å². The van der Waals surface area contributed by atoms with Gasteiger partial charge in [0.15, 0.2) is 0 Å². The molecule has 2 rings (SSSR count). The Morgan fingerprint density at radius 3 is 2.76 bits per heavy atom. The Bertz CT molecular complexity index is 400. The molecule has 0 unspecified atom stereocenters. The van der Waals surface area contributed by atoms with Crippen LogP contribution in [0.3, 0.4) is 0 Å². The van der Waals surface area contributed by atoms with Crippen LogP contribution in [0.15, 0.2) is 22.3 Å². The number of hydrogen-bond donors (Lipinski definition) is 1. The van der Waals surface area contributed by atoms with Gasteiger partial charge in [-0.2, -0.15) is 0 Å². The molecule has 1 fully saturated rings. The highest BCUT2D eigenvalue weighted by molar-refractivity contribution is 7.99. The van der Waals surface area contributed by atoms with Gasteiger partial charge in [-0.1, -0.05) is 24.4 Å². The van der Waals surface area contributed by atoms with Gasteiger partial charge < -0.3 is 5.21 Å². The second-order valence-corrected chi connectivity index (χ2v) is 5.77. The fraction of sp³-hybridized carbons (Fsp3) is 0.538. The van der Waals surface area contributed by atoms with E-state index in [1.54, 1.807) is 0 Å². The van der Waals surface area contributed by atoms with Crippen LogP contribution in [0.25, 0.3) is 0 Å². The summed E-state index contributed by atoms with van der Waals surface area (Å²) in [5.74, 6) is 0. The van der Waals surface area contributed by atoms with Crippen molar-refractivity contribution in [1.82, 2.24) is 4.98 Å². The van der Waals surface area contributed by atoms with E-state index in [9.17, 15) is 0 Å². The molecule has 0 aliphatic heterocycles. The largest absolute Gasteiger partial charge is 0.411 e. The van der Waals surface area contributed by atoms with E-state index in [1.807, 2.05) is 30.8 Å². The zero-order valence-corrected chi connectivity index (χ0v) is 10.9. The average Bonchev–Trinajstić information content (AvgIpc) is 2.34. The first-order valence-corrected chi connectivity index (χ1v) is 6.99. The summed E-state index contributed by atoms with van der Waals surface area (Å²) < 4.78 is 0. The van der Waals surface area contributed by atoms with E-state index >= 15 is 0 Å². The molecular formula is C13H18N2OS. The highest BCUT2D eigenvalue weighted by Crippen LogP contribution is 2.32. The lowest BCUT2D eigenvalue weighted by atomic mass is 10.0. The molecule has 1 N–H and O–H groups in total. The lowest BCUT2D eigenvalue weighted by molar-refractivity contribution is 0.322. The van der Waals surface area contributed by atoms with Crippen molar-refractivity contribution < 1.29 is 5.21 Å². The fourth-order valence-corrected chi connectivity index (χ4v) is 3.41. The van der Waals surface area contributed by atoms with Gasteiger partial charge in [0.05, 0.1) is 11.2 Å². The molecule has 0 aromatic carbocycles. The molecule has 0 radical (unpaired) electrons. The van der Waals surface area contributed by atoms with Gasteiger partial charge in [-0.25, -0.2) is 4.98 Å². The quantitative estimate of drug-likeness (QED) is 0.506. The van der Waals surface area contributed by atoms with Crippen molar-refractivity contribution >= 4 is 18.0 Å². The van der Waals surface area contributed by atoms with Crippen LogP contribution in [-0.4, -0.2) is 21.7 Å². The van der Waals surface area contributed by atoms with E-state index in [2.05, 4.69) is 10.1 Å². The fourth-order valence-electron chi connectivity index (χ4n) is 2.17. The van der Waals surface area contributed by atoms with Gasteiger partial charge in [0, 0.05) is 16.5 Å². The molecule has 0 atom stereocenters. The van der Waals surface area contributed by atoms with Crippen LogP contribution in [0.1, 0.15) is 43.4 Å². The van der Waals surface area contributed by atoms with Crippen molar-refractivity contribution in [2.45, 2.75) is 49.3 Å². The molecule has 1 saturated carbocycles. The molecule has 1 aliphatic rings. The Balaban J connectivity index is 2.03. The summed E-state index contributed by atoms with van der Waals surface area (Å²) in [6, 6.07) is 3.98. The highest BCUT2D eigenvalue weighted by Gasteiger charge is 2.15. The number of rotatable bonds is 3. The van der Waals surface area contributed by atoms with Gasteiger partial charge in [-0.15, -0.1) is 11.8 Å². The summed E-state index contributed by atoms with van der Waals surface area (Å²) in [4.78, 5) is 4.55. The first-order chi connectivity index (χ1) is 8.29. The Kier molecular flexibility index (Phi) is 4.42. The first kappa shape index (κ1) is 12.4. The molecule has 3 nitrogen and oxygen atoms in total. The number of pyridine rings is 1. The molecule has 1 aromatic rings. The number of oxime groups is 1. The van der Waals surface area contributed by atoms with E-state index in [0.29, 0.717) is 0 Å². The van der Waals surface area contributed by atoms with Crippen molar-refractivity contribution in [2.75, 3.05) is 0 Å². The zero-order valence-electron chi connectivity index (χ0n) is 10.1. The number of aryl methyl sites for hydroxylation is 1. The van der Waals surface area contributed by atoms with Crippen LogP contribution in [0.5, 0.6) is 0 Å². The van der Waals surface area contributed by atoms with Crippen LogP contribution in [0.2, 0.25) is 0 Å². The molecule has 1 aliphatic carbocycles. The minimum atomic E-state index is 0.730. The maximum Gasteiger partial charge on any atom is 0.0966 e. The standard InChI is InChI=1S/C13H18N2OS/c1-10-11(9-14-16)7-8-13(15-10)17-12-5-3-2-4-6-12/h7-9,12,16H,2-6H2,1H3/b14-9+. The summed E-state index contributed by atoms with van der Waals surface area (Å²) in [6.45, 7) is 1.95. The lowest BCUT2D eigenvalue weighted by Crippen LogP contribution is -2.08. The van der Waals surface area contributed by atoms with Gasteiger partial charge in [-0.05, 0) is 31.9 Å². The summed E-state index contributed by atoms with van der Waals surface area (Å²) in [7, 11) is 0. The molecule has 0 spiro atoms.